The van der Waals surface area contributed by atoms with E-state index in [1.165, 1.54) is 0 Å². The standard InChI is InChI=1S/C13H20N4O3/c1-7(2)17-4-5-20-9(6-17)12-15-8(3)10(13(18)19)11(14)16-12/h7,9H,4-6H2,1-3H3,(H,18,19)(H2,14,15,16). The van der Waals surface area contributed by atoms with Gasteiger partial charge in [0.05, 0.1) is 12.3 Å². The third-order valence-electron chi connectivity index (χ3n) is 3.47. The predicted molar refractivity (Wildman–Crippen MR) is 73.5 cm³/mol. The van der Waals surface area contributed by atoms with E-state index < -0.39 is 5.97 Å². The molecule has 1 aliphatic rings. The molecule has 0 bridgehead atoms. The summed E-state index contributed by atoms with van der Waals surface area (Å²) in [7, 11) is 0. The third-order valence-corrected chi connectivity index (χ3v) is 3.47. The zero-order valence-electron chi connectivity index (χ0n) is 12.0. The first-order chi connectivity index (χ1) is 9.40. The summed E-state index contributed by atoms with van der Waals surface area (Å²) in [6, 6.07) is 0.415. The van der Waals surface area contributed by atoms with E-state index in [2.05, 4.69) is 28.7 Å². The summed E-state index contributed by atoms with van der Waals surface area (Å²) >= 11 is 0. The first-order valence-corrected chi connectivity index (χ1v) is 6.63. The second-order valence-electron chi connectivity index (χ2n) is 5.18. The molecule has 110 valence electrons. The number of aromatic nitrogens is 2. The van der Waals surface area contributed by atoms with Gasteiger partial charge < -0.3 is 15.6 Å². The van der Waals surface area contributed by atoms with Crippen LogP contribution in [0.15, 0.2) is 0 Å². The van der Waals surface area contributed by atoms with Crippen LogP contribution in [0.3, 0.4) is 0 Å². The summed E-state index contributed by atoms with van der Waals surface area (Å²) in [4.78, 5) is 21.7. The normalized spacial score (nSPS) is 20.3. The second-order valence-corrected chi connectivity index (χ2v) is 5.18. The fourth-order valence-corrected chi connectivity index (χ4v) is 2.32. The van der Waals surface area contributed by atoms with Crippen molar-refractivity contribution in [1.29, 1.82) is 0 Å². The molecule has 0 saturated carbocycles. The van der Waals surface area contributed by atoms with Gasteiger partial charge in [0.25, 0.3) is 0 Å². The first-order valence-electron chi connectivity index (χ1n) is 6.63. The van der Waals surface area contributed by atoms with E-state index in [4.69, 9.17) is 15.6 Å². The number of carbonyl (C=O) groups is 1. The van der Waals surface area contributed by atoms with Gasteiger partial charge in [-0.25, -0.2) is 14.8 Å². The van der Waals surface area contributed by atoms with Gasteiger partial charge in [0.1, 0.15) is 17.5 Å². The maximum absolute atomic E-state index is 11.1. The molecule has 0 spiro atoms. The number of hydrogen-bond donors (Lipinski definition) is 2. The van der Waals surface area contributed by atoms with E-state index in [0.29, 0.717) is 30.7 Å². The maximum Gasteiger partial charge on any atom is 0.341 e. The number of ether oxygens (including phenoxy) is 1. The highest BCUT2D eigenvalue weighted by Crippen LogP contribution is 2.23. The highest BCUT2D eigenvalue weighted by Gasteiger charge is 2.27. The number of nitrogens with two attached hydrogens (primary N) is 1. The maximum atomic E-state index is 11.1. The number of carboxylic acids is 1. The monoisotopic (exact) mass is 280 g/mol. The van der Waals surface area contributed by atoms with E-state index in [9.17, 15) is 4.79 Å². The SMILES string of the molecule is Cc1nc(C2CN(C(C)C)CCO2)nc(N)c1C(=O)O. The highest BCUT2D eigenvalue weighted by atomic mass is 16.5. The molecule has 1 unspecified atom stereocenters. The van der Waals surface area contributed by atoms with Crippen molar-refractivity contribution in [2.45, 2.75) is 32.9 Å². The van der Waals surface area contributed by atoms with Gasteiger partial charge in [0, 0.05) is 19.1 Å². The predicted octanol–water partition coefficient (Wildman–Crippen LogP) is 0.847. The highest BCUT2D eigenvalue weighted by molar-refractivity contribution is 5.93. The number of nitrogen functional groups attached to an aromatic ring is 1. The Balaban J connectivity index is 2.27. The van der Waals surface area contributed by atoms with Crippen LogP contribution in [0.25, 0.3) is 0 Å². The Morgan fingerprint density at radius 2 is 2.20 bits per heavy atom. The van der Waals surface area contributed by atoms with E-state index in [1.807, 2.05) is 0 Å². The summed E-state index contributed by atoms with van der Waals surface area (Å²) in [5, 5.41) is 9.06. The summed E-state index contributed by atoms with van der Waals surface area (Å²) in [6.45, 7) is 8.02. The molecule has 1 aromatic heterocycles. The topological polar surface area (TPSA) is 102 Å². The fourth-order valence-electron chi connectivity index (χ4n) is 2.32. The lowest BCUT2D eigenvalue weighted by atomic mass is 10.2. The molecular weight excluding hydrogens is 260 g/mol. The van der Waals surface area contributed by atoms with Gasteiger partial charge in [-0.1, -0.05) is 0 Å². The van der Waals surface area contributed by atoms with Crippen LogP contribution in [0.1, 0.15) is 41.8 Å². The van der Waals surface area contributed by atoms with Crippen LogP contribution in [0.5, 0.6) is 0 Å². The Morgan fingerprint density at radius 1 is 1.50 bits per heavy atom. The molecule has 7 nitrogen and oxygen atoms in total. The van der Waals surface area contributed by atoms with Crippen molar-refractivity contribution in [2.24, 2.45) is 0 Å². The molecule has 7 heteroatoms. The lowest BCUT2D eigenvalue weighted by Crippen LogP contribution is -2.42. The Hall–Kier alpha value is -1.73. The average Bonchev–Trinajstić information content (AvgIpc) is 2.37. The number of hydrogen-bond acceptors (Lipinski definition) is 6. The van der Waals surface area contributed by atoms with E-state index in [-0.39, 0.29) is 17.5 Å². The Bertz CT molecular complexity index is 495. The van der Waals surface area contributed by atoms with Crippen LogP contribution in [0.2, 0.25) is 0 Å². The summed E-state index contributed by atoms with van der Waals surface area (Å²) in [5.41, 5.74) is 6.05. The van der Waals surface area contributed by atoms with Gasteiger partial charge in [0.15, 0.2) is 5.82 Å². The van der Waals surface area contributed by atoms with Crippen molar-refractivity contribution < 1.29 is 14.6 Å². The van der Waals surface area contributed by atoms with Crippen LogP contribution in [0.4, 0.5) is 5.82 Å². The molecule has 1 atom stereocenters. The van der Waals surface area contributed by atoms with Crippen LogP contribution in [-0.2, 0) is 4.74 Å². The van der Waals surface area contributed by atoms with Gasteiger partial charge in [-0.15, -0.1) is 0 Å². The van der Waals surface area contributed by atoms with Crippen molar-refractivity contribution >= 4 is 11.8 Å². The molecular formula is C13H20N4O3. The number of aromatic carboxylic acids is 1. The van der Waals surface area contributed by atoms with Crippen molar-refractivity contribution in [3.63, 3.8) is 0 Å². The van der Waals surface area contributed by atoms with Gasteiger partial charge >= 0.3 is 5.97 Å². The van der Waals surface area contributed by atoms with Crippen molar-refractivity contribution in [3.05, 3.63) is 17.1 Å². The molecule has 3 N–H and O–H groups in total. The molecule has 0 aromatic carbocycles. The first kappa shape index (κ1) is 14.7. The molecule has 0 amide bonds. The fraction of sp³-hybridized carbons (Fsp3) is 0.615. The van der Waals surface area contributed by atoms with E-state index >= 15 is 0 Å². The smallest absolute Gasteiger partial charge is 0.341 e. The minimum absolute atomic E-state index is 0.00901. The lowest BCUT2D eigenvalue weighted by Gasteiger charge is -2.34. The molecule has 2 rings (SSSR count). The number of nitrogens with zero attached hydrogens (tertiary/aromatic N) is 3. The Labute approximate surface area is 117 Å². The summed E-state index contributed by atoms with van der Waals surface area (Å²) in [5.74, 6) is -0.666. The van der Waals surface area contributed by atoms with Gasteiger partial charge in [0.2, 0.25) is 0 Å². The molecule has 2 heterocycles. The molecule has 1 saturated heterocycles. The van der Waals surface area contributed by atoms with Gasteiger partial charge in [-0.05, 0) is 20.8 Å². The number of morpholine rings is 1. The van der Waals surface area contributed by atoms with Gasteiger partial charge in [-0.3, -0.25) is 4.90 Å². The lowest BCUT2D eigenvalue weighted by molar-refractivity contribution is -0.0443. The Morgan fingerprint density at radius 3 is 2.75 bits per heavy atom. The number of rotatable bonds is 3. The quantitative estimate of drug-likeness (QED) is 0.846. The number of carboxylic acid groups (broad SMARTS) is 1. The molecule has 0 aliphatic carbocycles. The van der Waals surface area contributed by atoms with Crippen molar-refractivity contribution in [1.82, 2.24) is 14.9 Å². The zero-order chi connectivity index (χ0) is 14.9. The molecule has 1 fully saturated rings. The number of aryl methyl sites for hydroxylation is 1. The Kier molecular flexibility index (Phi) is 4.20. The molecule has 1 aliphatic heterocycles. The summed E-state index contributed by atoms with van der Waals surface area (Å²) < 4.78 is 5.69. The number of anilines is 1. The molecule has 0 radical (unpaired) electrons. The molecule has 20 heavy (non-hydrogen) atoms. The zero-order valence-corrected chi connectivity index (χ0v) is 12.0. The van der Waals surface area contributed by atoms with E-state index in [0.717, 1.165) is 6.54 Å². The van der Waals surface area contributed by atoms with Crippen LogP contribution < -0.4 is 5.73 Å². The average molecular weight is 280 g/mol. The summed E-state index contributed by atoms with van der Waals surface area (Å²) in [6.07, 6.45) is -0.269. The third kappa shape index (κ3) is 2.88. The van der Waals surface area contributed by atoms with Crippen LogP contribution in [-0.4, -0.2) is 51.7 Å². The van der Waals surface area contributed by atoms with Crippen molar-refractivity contribution in [3.8, 4) is 0 Å². The van der Waals surface area contributed by atoms with Gasteiger partial charge in [-0.2, -0.15) is 0 Å². The second kappa shape index (κ2) is 5.72. The minimum Gasteiger partial charge on any atom is -0.477 e. The van der Waals surface area contributed by atoms with Crippen LogP contribution in [0, 0.1) is 6.92 Å². The van der Waals surface area contributed by atoms with E-state index in [1.54, 1.807) is 6.92 Å². The molecule has 1 aromatic rings. The largest absolute Gasteiger partial charge is 0.477 e. The minimum atomic E-state index is -1.11. The van der Waals surface area contributed by atoms with Crippen molar-refractivity contribution in [2.75, 3.05) is 25.4 Å². The van der Waals surface area contributed by atoms with Crippen LogP contribution >= 0.6 is 0 Å².